The number of carbonyl (C=O) groups is 1. The fraction of sp³-hybridized carbons (Fsp3) is 0.444. The van der Waals surface area contributed by atoms with Crippen LogP contribution < -0.4 is 15.0 Å². The lowest BCUT2D eigenvalue weighted by Gasteiger charge is -2.35. The molecule has 0 spiro atoms. The lowest BCUT2D eigenvalue weighted by molar-refractivity contribution is 0.0136. The average molecular weight is 495 g/mol. The molecule has 2 heterocycles. The van der Waals surface area contributed by atoms with Gasteiger partial charge < -0.3 is 19.1 Å². The summed E-state index contributed by atoms with van der Waals surface area (Å²) in [5.41, 5.74) is 0.446. The van der Waals surface area contributed by atoms with E-state index in [2.05, 4.69) is 4.90 Å². The number of nitrogens with zero attached hydrogens (tertiary/aromatic N) is 4. The Hall–Kier alpha value is -3.59. The second-order valence-corrected chi connectivity index (χ2v) is 9.67. The van der Waals surface area contributed by atoms with E-state index in [0.717, 1.165) is 0 Å². The molecule has 1 aliphatic heterocycles. The van der Waals surface area contributed by atoms with Crippen molar-refractivity contribution in [1.29, 1.82) is 0 Å². The van der Waals surface area contributed by atoms with Crippen molar-refractivity contribution in [2.45, 2.75) is 39.8 Å². The molecule has 0 aliphatic carbocycles. The predicted molar refractivity (Wildman–Crippen MR) is 138 cm³/mol. The molecule has 1 fully saturated rings. The van der Waals surface area contributed by atoms with E-state index in [9.17, 15) is 9.59 Å². The van der Waals surface area contributed by atoms with E-state index in [0.29, 0.717) is 73.2 Å². The molecule has 0 saturated carbocycles. The molecule has 9 nitrogen and oxygen atoms in total. The Labute approximate surface area is 211 Å². The summed E-state index contributed by atoms with van der Waals surface area (Å²) >= 11 is 0. The van der Waals surface area contributed by atoms with Gasteiger partial charge in [-0.25, -0.2) is 9.78 Å². The number of hydrogen-bond donors (Lipinski definition) is 0. The fourth-order valence-electron chi connectivity index (χ4n) is 4.28. The number of carbonyl (C=O) groups excluding carboxylic acids is 1. The number of amides is 1. The predicted octanol–water partition coefficient (Wildman–Crippen LogP) is 3.85. The van der Waals surface area contributed by atoms with Gasteiger partial charge >= 0.3 is 6.09 Å². The minimum absolute atomic E-state index is 0.187. The van der Waals surface area contributed by atoms with Gasteiger partial charge in [-0.1, -0.05) is 18.2 Å². The second kappa shape index (κ2) is 10.6. The summed E-state index contributed by atoms with van der Waals surface area (Å²) in [6.07, 6.45) is -0.307. The first-order valence-corrected chi connectivity index (χ1v) is 12.2. The molecule has 1 aromatic heterocycles. The first kappa shape index (κ1) is 25.5. The SMILES string of the molecule is CCOc1ccccc1-n1c(CN2CCN(C(=O)OC(C)(C)C)CC2)nc2c(OC)cccc2c1=O. The fourth-order valence-corrected chi connectivity index (χ4v) is 4.28. The van der Waals surface area contributed by atoms with Crippen molar-refractivity contribution in [2.24, 2.45) is 0 Å². The maximum Gasteiger partial charge on any atom is 0.410 e. The molecule has 1 aliphatic rings. The average Bonchev–Trinajstić information content (AvgIpc) is 2.84. The summed E-state index contributed by atoms with van der Waals surface area (Å²) in [7, 11) is 1.57. The highest BCUT2D eigenvalue weighted by Crippen LogP contribution is 2.27. The molecule has 1 amide bonds. The number of rotatable bonds is 6. The van der Waals surface area contributed by atoms with Gasteiger partial charge in [0, 0.05) is 26.2 Å². The summed E-state index contributed by atoms with van der Waals surface area (Å²) < 4.78 is 18.5. The number of methoxy groups -OCH3 is 1. The third-order valence-electron chi connectivity index (χ3n) is 5.95. The molecular formula is C27H34N4O5. The molecule has 0 bridgehead atoms. The van der Waals surface area contributed by atoms with Crippen molar-refractivity contribution in [3.8, 4) is 17.2 Å². The van der Waals surface area contributed by atoms with E-state index in [4.69, 9.17) is 19.2 Å². The summed E-state index contributed by atoms with van der Waals surface area (Å²) in [5.74, 6) is 1.74. The standard InChI is InChI=1S/C27H34N4O5/c1-6-35-21-12-8-7-11-20(21)31-23(28-24-19(25(31)32)10-9-13-22(24)34-5)18-29-14-16-30(17-15-29)26(33)36-27(2,3)4/h7-13H,6,14-18H2,1-5H3. The molecule has 0 radical (unpaired) electrons. The Balaban J connectivity index is 1.70. The molecule has 1 saturated heterocycles. The highest BCUT2D eigenvalue weighted by Gasteiger charge is 2.27. The van der Waals surface area contributed by atoms with Crippen LogP contribution in [0.4, 0.5) is 4.79 Å². The molecular weight excluding hydrogens is 460 g/mol. The largest absolute Gasteiger partial charge is 0.494 e. The Morgan fingerprint density at radius 1 is 1.00 bits per heavy atom. The van der Waals surface area contributed by atoms with Crippen molar-refractivity contribution in [1.82, 2.24) is 19.4 Å². The van der Waals surface area contributed by atoms with E-state index in [1.807, 2.05) is 52.0 Å². The van der Waals surface area contributed by atoms with E-state index in [1.54, 1.807) is 34.8 Å². The van der Waals surface area contributed by atoms with E-state index in [-0.39, 0.29) is 11.7 Å². The molecule has 4 rings (SSSR count). The highest BCUT2D eigenvalue weighted by atomic mass is 16.6. The molecule has 3 aromatic rings. The van der Waals surface area contributed by atoms with Gasteiger partial charge in [0.1, 0.15) is 28.4 Å². The van der Waals surface area contributed by atoms with Crippen molar-refractivity contribution in [2.75, 3.05) is 39.9 Å². The summed E-state index contributed by atoms with van der Waals surface area (Å²) in [6, 6.07) is 12.8. The van der Waals surface area contributed by atoms with Crippen LogP contribution in [0.25, 0.3) is 16.6 Å². The minimum Gasteiger partial charge on any atom is -0.494 e. The third kappa shape index (κ3) is 5.46. The summed E-state index contributed by atoms with van der Waals surface area (Å²) in [5, 5.41) is 0.471. The molecule has 0 N–H and O–H groups in total. The smallest absolute Gasteiger partial charge is 0.410 e. The lowest BCUT2D eigenvalue weighted by Crippen LogP contribution is -2.50. The number of fused-ring (bicyclic) bond motifs is 1. The van der Waals surface area contributed by atoms with Crippen LogP contribution in [0.1, 0.15) is 33.5 Å². The number of piperazine rings is 1. The van der Waals surface area contributed by atoms with Crippen LogP contribution in [0.15, 0.2) is 47.3 Å². The molecule has 36 heavy (non-hydrogen) atoms. The molecule has 9 heteroatoms. The Bertz CT molecular complexity index is 1290. The molecule has 192 valence electrons. The zero-order valence-electron chi connectivity index (χ0n) is 21.6. The second-order valence-electron chi connectivity index (χ2n) is 9.67. The van der Waals surface area contributed by atoms with Crippen LogP contribution in [0, 0.1) is 0 Å². The zero-order chi connectivity index (χ0) is 25.9. The van der Waals surface area contributed by atoms with E-state index in [1.165, 1.54) is 0 Å². The monoisotopic (exact) mass is 494 g/mol. The first-order valence-electron chi connectivity index (χ1n) is 12.2. The van der Waals surface area contributed by atoms with Crippen LogP contribution >= 0.6 is 0 Å². The van der Waals surface area contributed by atoms with Crippen molar-refractivity contribution < 1.29 is 19.0 Å². The van der Waals surface area contributed by atoms with Crippen LogP contribution in [0.3, 0.4) is 0 Å². The van der Waals surface area contributed by atoms with Gasteiger partial charge in [-0.05, 0) is 52.0 Å². The van der Waals surface area contributed by atoms with Gasteiger partial charge in [0.15, 0.2) is 0 Å². The number of aromatic nitrogens is 2. The number of para-hydroxylation sites is 3. The van der Waals surface area contributed by atoms with Gasteiger partial charge in [-0.3, -0.25) is 14.3 Å². The normalized spacial score (nSPS) is 14.6. The van der Waals surface area contributed by atoms with Gasteiger partial charge in [-0.2, -0.15) is 0 Å². The maximum absolute atomic E-state index is 13.8. The first-order chi connectivity index (χ1) is 17.2. The Morgan fingerprint density at radius 3 is 2.36 bits per heavy atom. The summed E-state index contributed by atoms with van der Waals surface area (Å²) in [6.45, 7) is 10.7. The zero-order valence-corrected chi connectivity index (χ0v) is 21.6. The maximum atomic E-state index is 13.8. The highest BCUT2D eigenvalue weighted by molar-refractivity contribution is 5.84. The van der Waals surface area contributed by atoms with E-state index < -0.39 is 5.60 Å². The van der Waals surface area contributed by atoms with E-state index >= 15 is 0 Å². The quantitative estimate of drug-likeness (QED) is 0.515. The summed E-state index contributed by atoms with van der Waals surface area (Å²) in [4.78, 5) is 35.1. The third-order valence-corrected chi connectivity index (χ3v) is 5.95. The Kier molecular flexibility index (Phi) is 7.49. The Morgan fingerprint density at radius 2 is 1.69 bits per heavy atom. The molecule has 2 aromatic carbocycles. The number of hydrogen-bond acceptors (Lipinski definition) is 7. The van der Waals surface area contributed by atoms with Gasteiger partial charge in [-0.15, -0.1) is 0 Å². The molecule has 0 atom stereocenters. The topological polar surface area (TPSA) is 86.1 Å². The van der Waals surface area contributed by atoms with Crippen LogP contribution in [-0.2, 0) is 11.3 Å². The van der Waals surface area contributed by atoms with Crippen LogP contribution in [0.2, 0.25) is 0 Å². The van der Waals surface area contributed by atoms with Crippen LogP contribution in [-0.4, -0.2) is 70.9 Å². The van der Waals surface area contributed by atoms with Crippen molar-refractivity contribution >= 4 is 17.0 Å². The minimum atomic E-state index is -0.535. The number of benzene rings is 2. The number of ether oxygens (including phenoxy) is 3. The van der Waals surface area contributed by atoms with Crippen molar-refractivity contribution in [3.63, 3.8) is 0 Å². The van der Waals surface area contributed by atoms with Gasteiger partial charge in [0.2, 0.25) is 0 Å². The van der Waals surface area contributed by atoms with Crippen LogP contribution in [0.5, 0.6) is 11.5 Å². The molecule has 0 unspecified atom stereocenters. The van der Waals surface area contributed by atoms with Gasteiger partial charge in [0.25, 0.3) is 5.56 Å². The lowest BCUT2D eigenvalue weighted by atomic mass is 10.2. The van der Waals surface area contributed by atoms with Gasteiger partial charge in [0.05, 0.1) is 31.3 Å². The van der Waals surface area contributed by atoms with Crippen molar-refractivity contribution in [3.05, 3.63) is 58.6 Å².